The number of hydrogen-bond donors (Lipinski definition) is 1. The lowest BCUT2D eigenvalue weighted by atomic mass is 10.1. The number of amides is 1. The van der Waals surface area contributed by atoms with Crippen molar-refractivity contribution in [3.05, 3.63) is 34.1 Å². The predicted molar refractivity (Wildman–Crippen MR) is 54.2 cm³/mol. The van der Waals surface area contributed by atoms with Gasteiger partial charge in [-0.05, 0) is 30.2 Å². The first kappa shape index (κ1) is 9.65. The van der Waals surface area contributed by atoms with Gasteiger partial charge in [-0.3, -0.25) is 4.79 Å². The highest BCUT2D eigenvalue weighted by Gasteiger charge is 2.22. The van der Waals surface area contributed by atoms with Gasteiger partial charge in [0, 0.05) is 10.9 Å². The monoisotopic (exact) mass is 257 g/mol. The average Bonchev–Trinajstić information content (AvgIpc) is 2.50. The van der Waals surface area contributed by atoms with Gasteiger partial charge in [0.2, 0.25) is 5.91 Å². The van der Waals surface area contributed by atoms with Crippen molar-refractivity contribution in [2.45, 2.75) is 18.9 Å². The third-order valence-corrected chi connectivity index (χ3v) is 2.74. The van der Waals surface area contributed by atoms with Crippen molar-refractivity contribution in [2.75, 3.05) is 0 Å². The molecule has 74 valence electrons. The summed E-state index contributed by atoms with van der Waals surface area (Å²) in [5, 5.41) is 2.80. The molecule has 1 N–H and O–H groups in total. The Morgan fingerprint density at radius 3 is 2.79 bits per heavy atom. The van der Waals surface area contributed by atoms with Crippen molar-refractivity contribution < 1.29 is 9.18 Å². The Morgan fingerprint density at radius 1 is 1.43 bits per heavy atom. The van der Waals surface area contributed by atoms with E-state index >= 15 is 0 Å². The predicted octanol–water partition coefficient (Wildman–Crippen LogP) is 2.54. The molecule has 0 spiro atoms. The maximum atomic E-state index is 13.0. The summed E-state index contributed by atoms with van der Waals surface area (Å²) < 4.78 is 13.7. The van der Waals surface area contributed by atoms with Gasteiger partial charge in [-0.1, -0.05) is 15.9 Å². The van der Waals surface area contributed by atoms with Gasteiger partial charge in [-0.2, -0.15) is 0 Å². The number of hydrogen-bond acceptors (Lipinski definition) is 1. The number of rotatable bonds is 1. The second kappa shape index (κ2) is 3.69. The lowest BCUT2D eigenvalue weighted by molar-refractivity contribution is -0.119. The van der Waals surface area contributed by atoms with Crippen molar-refractivity contribution in [2.24, 2.45) is 0 Å². The minimum absolute atomic E-state index is 0.0329. The summed E-state index contributed by atoms with van der Waals surface area (Å²) in [7, 11) is 0. The SMILES string of the molecule is O=C1CCC(c2cc(F)cc(Br)c2)N1. The van der Waals surface area contributed by atoms with Crippen molar-refractivity contribution in [3.63, 3.8) is 0 Å². The molecule has 2 nitrogen and oxygen atoms in total. The summed E-state index contributed by atoms with van der Waals surface area (Å²) in [5.41, 5.74) is 0.822. The van der Waals surface area contributed by atoms with Crippen molar-refractivity contribution in [1.82, 2.24) is 5.32 Å². The fourth-order valence-electron chi connectivity index (χ4n) is 1.64. The highest BCUT2D eigenvalue weighted by molar-refractivity contribution is 9.10. The Labute approximate surface area is 89.6 Å². The van der Waals surface area contributed by atoms with E-state index in [0.717, 1.165) is 12.0 Å². The molecule has 1 aliphatic rings. The largest absolute Gasteiger partial charge is 0.349 e. The molecule has 2 rings (SSSR count). The molecular formula is C10H9BrFNO. The van der Waals surface area contributed by atoms with E-state index in [0.29, 0.717) is 10.9 Å². The molecule has 0 bridgehead atoms. The zero-order chi connectivity index (χ0) is 10.1. The third kappa shape index (κ3) is 1.95. The first-order valence-electron chi connectivity index (χ1n) is 4.40. The highest BCUT2D eigenvalue weighted by Crippen LogP contribution is 2.26. The van der Waals surface area contributed by atoms with Crippen LogP contribution in [-0.4, -0.2) is 5.91 Å². The van der Waals surface area contributed by atoms with Crippen LogP contribution in [0.3, 0.4) is 0 Å². The van der Waals surface area contributed by atoms with E-state index in [1.54, 1.807) is 0 Å². The van der Waals surface area contributed by atoms with Gasteiger partial charge >= 0.3 is 0 Å². The molecule has 1 aromatic rings. The topological polar surface area (TPSA) is 29.1 Å². The highest BCUT2D eigenvalue weighted by atomic mass is 79.9. The molecule has 1 heterocycles. The molecule has 4 heteroatoms. The van der Waals surface area contributed by atoms with Gasteiger partial charge in [0.05, 0.1) is 6.04 Å². The van der Waals surface area contributed by atoms with Crippen LogP contribution < -0.4 is 5.32 Å². The summed E-state index contributed by atoms with van der Waals surface area (Å²) in [6.07, 6.45) is 1.27. The second-order valence-electron chi connectivity index (χ2n) is 3.36. The normalized spacial score (nSPS) is 21.0. The Bertz CT molecular complexity index is 360. The summed E-state index contributed by atoms with van der Waals surface area (Å²) in [6.45, 7) is 0. The molecule has 14 heavy (non-hydrogen) atoms. The number of carbonyl (C=O) groups excluding carboxylic acids is 1. The smallest absolute Gasteiger partial charge is 0.220 e. The van der Waals surface area contributed by atoms with Crippen LogP contribution in [0.1, 0.15) is 24.4 Å². The van der Waals surface area contributed by atoms with Gasteiger partial charge in [-0.15, -0.1) is 0 Å². The Kier molecular flexibility index (Phi) is 2.54. The van der Waals surface area contributed by atoms with Crippen LogP contribution in [0, 0.1) is 5.82 Å². The molecule has 1 amide bonds. The lowest BCUT2D eigenvalue weighted by Crippen LogP contribution is -2.18. The molecule has 1 unspecified atom stereocenters. The fourth-order valence-corrected chi connectivity index (χ4v) is 2.12. The van der Waals surface area contributed by atoms with Crippen molar-refractivity contribution in [1.29, 1.82) is 0 Å². The van der Waals surface area contributed by atoms with Crippen LogP contribution in [0.15, 0.2) is 22.7 Å². The van der Waals surface area contributed by atoms with Crippen molar-refractivity contribution >= 4 is 21.8 Å². The number of benzene rings is 1. The summed E-state index contributed by atoms with van der Waals surface area (Å²) in [5.74, 6) is -0.245. The van der Waals surface area contributed by atoms with Gasteiger partial charge in [0.15, 0.2) is 0 Å². The Balaban J connectivity index is 2.27. The van der Waals surface area contributed by atoms with E-state index in [-0.39, 0.29) is 17.8 Å². The van der Waals surface area contributed by atoms with E-state index in [4.69, 9.17) is 0 Å². The van der Waals surface area contributed by atoms with Gasteiger partial charge in [0.25, 0.3) is 0 Å². The molecule has 1 saturated heterocycles. The molecule has 0 saturated carbocycles. The number of halogens is 2. The summed E-state index contributed by atoms with van der Waals surface area (Å²) in [6, 6.07) is 4.66. The zero-order valence-corrected chi connectivity index (χ0v) is 8.97. The third-order valence-electron chi connectivity index (χ3n) is 2.28. The van der Waals surface area contributed by atoms with Gasteiger partial charge < -0.3 is 5.32 Å². The standard InChI is InChI=1S/C10H9BrFNO/c11-7-3-6(4-8(12)5-7)9-1-2-10(14)13-9/h3-5,9H,1-2H2,(H,13,14). The fraction of sp³-hybridized carbons (Fsp3) is 0.300. The average molecular weight is 258 g/mol. The van der Waals surface area contributed by atoms with E-state index in [1.165, 1.54) is 12.1 Å². The summed E-state index contributed by atoms with van der Waals surface area (Å²) in [4.78, 5) is 11.0. The van der Waals surface area contributed by atoms with Crippen molar-refractivity contribution in [3.8, 4) is 0 Å². The van der Waals surface area contributed by atoms with Crippen LogP contribution in [0.25, 0.3) is 0 Å². The first-order valence-corrected chi connectivity index (χ1v) is 5.20. The van der Waals surface area contributed by atoms with Crippen LogP contribution in [0.2, 0.25) is 0 Å². The van der Waals surface area contributed by atoms with Crippen LogP contribution in [-0.2, 0) is 4.79 Å². The molecule has 1 fully saturated rings. The van der Waals surface area contributed by atoms with Gasteiger partial charge in [-0.25, -0.2) is 4.39 Å². The lowest BCUT2D eigenvalue weighted by Gasteiger charge is -2.10. The molecule has 0 radical (unpaired) electrons. The second-order valence-corrected chi connectivity index (χ2v) is 4.28. The van der Waals surface area contributed by atoms with E-state index in [1.807, 2.05) is 6.07 Å². The van der Waals surface area contributed by atoms with E-state index in [9.17, 15) is 9.18 Å². The van der Waals surface area contributed by atoms with Crippen LogP contribution >= 0.6 is 15.9 Å². The number of carbonyl (C=O) groups is 1. The molecule has 1 aliphatic heterocycles. The van der Waals surface area contributed by atoms with Crippen LogP contribution in [0.4, 0.5) is 4.39 Å². The van der Waals surface area contributed by atoms with Crippen LogP contribution in [0.5, 0.6) is 0 Å². The molecule has 0 aromatic heterocycles. The molecular weight excluding hydrogens is 249 g/mol. The summed E-state index contributed by atoms with van der Waals surface area (Å²) >= 11 is 3.22. The minimum atomic E-state index is -0.282. The maximum absolute atomic E-state index is 13.0. The Morgan fingerprint density at radius 2 is 2.21 bits per heavy atom. The number of nitrogens with one attached hydrogen (secondary N) is 1. The maximum Gasteiger partial charge on any atom is 0.220 e. The zero-order valence-electron chi connectivity index (χ0n) is 7.39. The quantitative estimate of drug-likeness (QED) is 0.824. The molecule has 0 aliphatic carbocycles. The first-order chi connectivity index (χ1) is 6.65. The van der Waals surface area contributed by atoms with Gasteiger partial charge in [0.1, 0.15) is 5.82 Å². The van der Waals surface area contributed by atoms with E-state index in [2.05, 4.69) is 21.2 Å². The Hall–Kier alpha value is -0.900. The molecule has 1 aromatic carbocycles. The minimum Gasteiger partial charge on any atom is -0.349 e. The molecule has 1 atom stereocenters. The van der Waals surface area contributed by atoms with E-state index < -0.39 is 0 Å².